The number of halogens is 1. The third kappa shape index (κ3) is 3.32. The summed E-state index contributed by atoms with van der Waals surface area (Å²) in [5.41, 5.74) is 2.82. The molecule has 108 valence electrons. The first-order valence-electron chi connectivity index (χ1n) is 6.63. The molecule has 1 aromatic heterocycles. The number of hydrogen-bond donors (Lipinski definition) is 1. The van der Waals surface area contributed by atoms with Crippen LogP contribution < -0.4 is 4.74 Å². The van der Waals surface area contributed by atoms with E-state index in [1.807, 2.05) is 23.9 Å². The van der Waals surface area contributed by atoms with Crippen LogP contribution in [-0.2, 0) is 20.1 Å². The molecule has 0 amide bonds. The molecule has 20 heavy (non-hydrogen) atoms. The van der Waals surface area contributed by atoms with Gasteiger partial charge >= 0.3 is 0 Å². The van der Waals surface area contributed by atoms with E-state index in [0.29, 0.717) is 17.4 Å². The van der Waals surface area contributed by atoms with Gasteiger partial charge in [0.25, 0.3) is 0 Å². The van der Waals surface area contributed by atoms with E-state index in [-0.39, 0.29) is 0 Å². The van der Waals surface area contributed by atoms with Crippen molar-refractivity contribution in [3.8, 4) is 5.75 Å². The molecule has 1 N–H and O–H groups in total. The molecule has 5 heteroatoms. The summed E-state index contributed by atoms with van der Waals surface area (Å²) in [6.45, 7) is 4.18. The normalized spacial score (nSPS) is 12.4. The highest BCUT2D eigenvalue weighted by Crippen LogP contribution is 2.28. The van der Waals surface area contributed by atoms with Gasteiger partial charge in [-0.25, -0.2) is 0 Å². The second kappa shape index (κ2) is 6.29. The molecule has 1 aromatic carbocycles. The van der Waals surface area contributed by atoms with Crippen LogP contribution in [0, 0.1) is 0 Å². The first-order chi connectivity index (χ1) is 9.51. The highest BCUT2D eigenvalue weighted by atomic mass is 35.5. The Labute approximate surface area is 123 Å². The number of hydrogen-bond acceptors (Lipinski definition) is 3. The maximum Gasteiger partial charge on any atom is 0.138 e. The molecule has 0 radical (unpaired) electrons. The molecule has 0 bridgehead atoms. The fourth-order valence-corrected chi connectivity index (χ4v) is 2.17. The van der Waals surface area contributed by atoms with Crippen molar-refractivity contribution in [2.24, 2.45) is 7.05 Å². The van der Waals surface area contributed by atoms with Crippen molar-refractivity contribution < 1.29 is 9.84 Å². The fraction of sp³-hybridized carbons (Fsp3) is 0.400. The summed E-state index contributed by atoms with van der Waals surface area (Å²) in [5.74, 6) is 0.607. The van der Waals surface area contributed by atoms with Gasteiger partial charge in [-0.05, 0) is 37.1 Å². The molecule has 2 rings (SSSR count). The van der Waals surface area contributed by atoms with Crippen LogP contribution in [0.25, 0.3) is 0 Å². The molecule has 0 unspecified atom stereocenters. The Bertz CT molecular complexity index is 594. The molecular weight excluding hydrogens is 276 g/mol. The fourth-order valence-electron chi connectivity index (χ4n) is 1.93. The van der Waals surface area contributed by atoms with Gasteiger partial charge in [0.15, 0.2) is 0 Å². The summed E-state index contributed by atoms with van der Waals surface area (Å²) in [4.78, 5) is 0. The molecule has 0 fully saturated rings. The van der Waals surface area contributed by atoms with Gasteiger partial charge in [0.05, 0.1) is 22.5 Å². The first-order valence-corrected chi connectivity index (χ1v) is 7.01. The van der Waals surface area contributed by atoms with Gasteiger partial charge in [0.2, 0.25) is 0 Å². The standard InChI is InChI=1S/C15H19ClN2O2/c1-4-12-8-13(18(3)17-12)9-20-15-6-5-11(10(2)19)7-14(15)16/h5-8,10,19H,4,9H2,1-3H3/t10-/m1/s1. The van der Waals surface area contributed by atoms with E-state index in [9.17, 15) is 5.11 Å². The zero-order chi connectivity index (χ0) is 14.7. The maximum atomic E-state index is 9.50. The van der Waals surface area contributed by atoms with Gasteiger partial charge < -0.3 is 9.84 Å². The Balaban J connectivity index is 2.08. The molecule has 1 atom stereocenters. The Morgan fingerprint density at radius 3 is 2.70 bits per heavy atom. The lowest BCUT2D eigenvalue weighted by molar-refractivity contribution is 0.199. The summed E-state index contributed by atoms with van der Waals surface area (Å²) < 4.78 is 7.54. The number of aryl methyl sites for hydroxylation is 2. The minimum Gasteiger partial charge on any atom is -0.486 e. The van der Waals surface area contributed by atoms with Gasteiger partial charge in [-0.15, -0.1) is 0 Å². The van der Waals surface area contributed by atoms with E-state index in [1.54, 1.807) is 19.1 Å². The van der Waals surface area contributed by atoms with E-state index in [4.69, 9.17) is 16.3 Å². The molecule has 0 saturated carbocycles. The van der Waals surface area contributed by atoms with Crippen LogP contribution in [0.1, 0.15) is 36.9 Å². The summed E-state index contributed by atoms with van der Waals surface area (Å²) in [5, 5.41) is 14.4. The SMILES string of the molecule is CCc1cc(COc2ccc([C@@H](C)O)cc2Cl)n(C)n1. The molecule has 0 aliphatic heterocycles. The van der Waals surface area contributed by atoms with Crippen molar-refractivity contribution in [3.63, 3.8) is 0 Å². The third-order valence-electron chi connectivity index (χ3n) is 3.20. The smallest absolute Gasteiger partial charge is 0.138 e. The van der Waals surface area contributed by atoms with Crippen molar-refractivity contribution in [1.82, 2.24) is 9.78 Å². The molecule has 2 aromatic rings. The quantitative estimate of drug-likeness (QED) is 0.920. The van der Waals surface area contributed by atoms with Crippen molar-refractivity contribution >= 4 is 11.6 Å². The Morgan fingerprint density at radius 1 is 1.40 bits per heavy atom. The zero-order valence-electron chi connectivity index (χ0n) is 11.9. The van der Waals surface area contributed by atoms with E-state index >= 15 is 0 Å². The maximum absolute atomic E-state index is 9.50. The number of rotatable bonds is 5. The summed E-state index contributed by atoms with van der Waals surface area (Å²) in [6, 6.07) is 7.34. The highest BCUT2D eigenvalue weighted by molar-refractivity contribution is 6.32. The second-order valence-electron chi connectivity index (χ2n) is 4.76. The summed E-state index contributed by atoms with van der Waals surface area (Å²) in [7, 11) is 1.90. The van der Waals surface area contributed by atoms with E-state index in [2.05, 4.69) is 12.0 Å². The van der Waals surface area contributed by atoms with E-state index in [0.717, 1.165) is 23.4 Å². The molecule has 1 heterocycles. The van der Waals surface area contributed by atoms with Crippen LogP contribution >= 0.6 is 11.6 Å². The minimum absolute atomic E-state index is 0.414. The van der Waals surface area contributed by atoms with Crippen molar-refractivity contribution in [2.75, 3.05) is 0 Å². The number of aliphatic hydroxyl groups is 1. The Hall–Kier alpha value is -1.52. The summed E-state index contributed by atoms with van der Waals surface area (Å²) in [6.07, 6.45) is 0.364. The highest BCUT2D eigenvalue weighted by Gasteiger charge is 2.09. The number of ether oxygens (including phenoxy) is 1. The van der Waals surface area contributed by atoms with Crippen LogP contribution in [0.3, 0.4) is 0 Å². The van der Waals surface area contributed by atoms with Gasteiger partial charge in [-0.2, -0.15) is 5.10 Å². The predicted molar refractivity (Wildman–Crippen MR) is 79.0 cm³/mol. The largest absolute Gasteiger partial charge is 0.486 e. The monoisotopic (exact) mass is 294 g/mol. The molecular formula is C15H19ClN2O2. The van der Waals surface area contributed by atoms with Crippen LogP contribution in [0.2, 0.25) is 5.02 Å². The molecule has 4 nitrogen and oxygen atoms in total. The minimum atomic E-state index is -0.536. The van der Waals surface area contributed by atoms with Gasteiger partial charge in [0, 0.05) is 7.05 Å². The average Bonchev–Trinajstić information content (AvgIpc) is 2.78. The summed E-state index contributed by atoms with van der Waals surface area (Å²) >= 11 is 6.15. The Kier molecular flexibility index (Phi) is 4.68. The number of aromatic nitrogens is 2. The zero-order valence-corrected chi connectivity index (χ0v) is 12.7. The van der Waals surface area contributed by atoms with Crippen LogP contribution in [-0.4, -0.2) is 14.9 Å². The lowest BCUT2D eigenvalue weighted by Crippen LogP contribution is -2.03. The molecule has 0 saturated heterocycles. The number of benzene rings is 1. The van der Waals surface area contributed by atoms with E-state index < -0.39 is 6.10 Å². The molecule has 0 aliphatic rings. The third-order valence-corrected chi connectivity index (χ3v) is 3.50. The second-order valence-corrected chi connectivity index (χ2v) is 5.17. The Morgan fingerprint density at radius 2 is 2.15 bits per heavy atom. The van der Waals surface area contributed by atoms with Gasteiger partial charge in [0.1, 0.15) is 12.4 Å². The van der Waals surface area contributed by atoms with E-state index in [1.165, 1.54) is 0 Å². The predicted octanol–water partition coefficient (Wildman–Crippen LogP) is 3.27. The van der Waals surface area contributed by atoms with Gasteiger partial charge in [-0.3, -0.25) is 4.68 Å². The van der Waals surface area contributed by atoms with Crippen molar-refractivity contribution in [1.29, 1.82) is 0 Å². The van der Waals surface area contributed by atoms with Crippen molar-refractivity contribution in [2.45, 2.75) is 33.0 Å². The average molecular weight is 295 g/mol. The van der Waals surface area contributed by atoms with Crippen LogP contribution in [0.15, 0.2) is 24.3 Å². The number of nitrogens with zero attached hydrogens (tertiary/aromatic N) is 2. The van der Waals surface area contributed by atoms with Crippen molar-refractivity contribution in [3.05, 3.63) is 46.2 Å². The topological polar surface area (TPSA) is 47.3 Å². The van der Waals surface area contributed by atoms with Gasteiger partial charge in [-0.1, -0.05) is 24.6 Å². The lowest BCUT2D eigenvalue weighted by Gasteiger charge is -2.10. The van der Waals surface area contributed by atoms with Crippen LogP contribution in [0.4, 0.5) is 0 Å². The molecule has 0 aliphatic carbocycles. The number of aliphatic hydroxyl groups excluding tert-OH is 1. The molecule has 0 spiro atoms. The first kappa shape index (κ1) is 14.9. The van der Waals surface area contributed by atoms with Crippen LogP contribution in [0.5, 0.6) is 5.75 Å². The lowest BCUT2D eigenvalue weighted by atomic mass is 10.1.